The van der Waals surface area contributed by atoms with Gasteiger partial charge in [0.05, 0.1) is 0 Å². The third-order valence-corrected chi connectivity index (χ3v) is 3.39. The smallest absolute Gasteiger partial charge is 0.166 e. The molecule has 1 aromatic carbocycles. The predicted octanol–water partition coefficient (Wildman–Crippen LogP) is 3.40. The molecule has 0 spiro atoms. The highest BCUT2D eigenvalue weighted by atomic mass is 79.9. The zero-order chi connectivity index (χ0) is 10.8. The lowest BCUT2D eigenvalue weighted by molar-refractivity contribution is 0.0923. The van der Waals surface area contributed by atoms with E-state index in [9.17, 15) is 4.79 Å². The van der Waals surface area contributed by atoms with E-state index in [1.807, 2.05) is 12.1 Å². The molecule has 2 N–H and O–H groups in total. The van der Waals surface area contributed by atoms with Crippen molar-refractivity contribution in [1.29, 1.82) is 0 Å². The SMILES string of the molecule is Nc1cc(Br)cc(C(=O)C2CCCC2)c1. The normalized spacial score (nSPS) is 16.9. The molecular weight excluding hydrogens is 254 g/mol. The van der Waals surface area contributed by atoms with Gasteiger partial charge in [-0.05, 0) is 31.0 Å². The highest BCUT2D eigenvalue weighted by Crippen LogP contribution is 2.29. The number of rotatable bonds is 2. The van der Waals surface area contributed by atoms with Gasteiger partial charge in [0, 0.05) is 21.6 Å². The van der Waals surface area contributed by atoms with Crippen LogP contribution in [0.2, 0.25) is 0 Å². The van der Waals surface area contributed by atoms with Crippen LogP contribution in [0.25, 0.3) is 0 Å². The van der Waals surface area contributed by atoms with Gasteiger partial charge in [-0.2, -0.15) is 0 Å². The minimum absolute atomic E-state index is 0.221. The van der Waals surface area contributed by atoms with E-state index in [0.717, 1.165) is 22.9 Å². The first kappa shape index (κ1) is 10.7. The molecule has 0 heterocycles. The summed E-state index contributed by atoms with van der Waals surface area (Å²) < 4.78 is 0.879. The summed E-state index contributed by atoms with van der Waals surface area (Å²) in [6, 6.07) is 5.44. The van der Waals surface area contributed by atoms with E-state index in [1.54, 1.807) is 6.07 Å². The molecule has 1 aromatic rings. The van der Waals surface area contributed by atoms with Crippen molar-refractivity contribution in [3.05, 3.63) is 28.2 Å². The van der Waals surface area contributed by atoms with Gasteiger partial charge in [-0.25, -0.2) is 0 Å². The van der Waals surface area contributed by atoms with Crippen molar-refractivity contribution in [2.24, 2.45) is 5.92 Å². The number of hydrogen-bond acceptors (Lipinski definition) is 2. The molecule has 0 amide bonds. The first-order valence-electron chi connectivity index (χ1n) is 5.27. The maximum Gasteiger partial charge on any atom is 0.166 e. The molecule has 1 aliphatic carbocycles. The zero-order valence-corrected chi connectivity index (χ0v) is 10.1. The first-order valence-corrected chi connectivity index (χ1v) is 6.06. The molecule has 0 bridgehead atoms. The molecule has 0 saturated heterocycles. The Kier molecular flexibility index (Phi) is 3.10. The first-order chi connectivity index (χ1) is 7.16. The second-order valence-corrected chi connectivity index (χ2v) is 5.03. The van der Waals surface area contributed by atoms with Crippen molar-refractivity contribution in [3.63, 3.8) is 0 Å². The molecule has 80 valence electrons. The molecule has 0 aromatic heterocycles. The Balaban J connectivity index is 2.24. The summed E-state index contributed by atoms with van der Waals surface area (Å²) in [4.78, 5) is 12.1. The van der Waals surface area contributed by atoms with Gasteiger partial charge in [-0.1, -0.05) is 28.8 Å². The van der Waals surface area contributed by atoms with Crippen molar-refractivity contribution in [1.82, 2.24) is 0 Å². The van der Waals surface area contributed by atoms with Crippen molar-refractivity contribution in [2.45, 2.75) is 25.7 Å². The fourth-order valence-electron chi connectivity index (χ4n) is 2.18. The summed E-state index contributed by atoms with van der Waals surface area (Å²) in [5.41, 5.74) is 7.10. The Morgan fingerprint density at radius 1 is 1.27 bits per heavy atom. The van der Waals surface area contributed by atoms with Gasteiger partial charge in [0.1, 0.15) is 0 Å². The molecule has 2 rings (SSSR count). The number of Topliss-reactive ketones (excluding diaryl/α,β-unsaturated/α-hetero) is 1. The number of anilines is 1. The monoisotopic (exact) mass is 267 g/mol. The van der Waals surface area contributed by atoms with Gasteiger partial charge in [-0.3, -0.25) is 4.79 Å². The molecule has 2 nitrogen and oxygen atoms in total. The third kappa shape index (κ3) is 2.40. The largest absolute Gasteiger partial charge is 0.399 e. The zero-order valence-electron chi connectivity index (χ0n) is 8.50. The molecular formula is C12H14BrNO. The van der Waals surface area contributed by atoms with Crippen LogP contribution in [0.1, 0.15) is 36.0 Å². The number of nitrogens with two attached hydrogens (primary N) is 1. The van der Waals surface area contributed by atoms with Crippen LogP contribution < -0.4 is 5.73 Å². The van der Waals surface area contributed by atoms with Crippen molar-refractivity contribution >= 4 is 27.4 Å². The highest BCUT2D eigenvalue weighted by Gasteiger charge is 2.23. The average Bonchev–Trinajstić information content (AvgIpc) is 2.67. The van der Waals surface area contributed by atoms with Gasteiger partial charge in [0.25, 0.3) is 0 Å². The summed E-state index contributed by atoms with van der Waals surface area (Å²) in [7, 11) is 0. The number of carbonyl (C=O) groups excluding carboxylic acids is 1. The molecule has 0 aliphatic heterocycles. The summed E-state index contributed by atoms with van der Waals surface area (Å²) in [5.74, 6) is 0.471. The minimum atomic E-state index is 0.221. The van der Waals surface area contributed by atoms with E-state index in [4.69, 9.17) is 5.73 Å². The summed E-state index contributed by atoms with van der Waals surface area (Å²) >= 11 is 3.36. The topological polar surface area (TPSA) is 43.1 Å². The summed E-state index contributed by atoms with van der Waals surface area (Å²) in [5, 5.41) is 0. The standard InChI is InChI=1S/C12H14BrNO/c13-10-5-9(6-11(14)7-10)12(15)8-3-1-2-4-8/h5-8H,1-4,14H2. The maximum atomic E-state index is 12.1. The van der Waals surface area contributed by atoms with Gasteiger partial charge < -0.3 is 5.73 Å². The number of ketones is 1. The van der Waals surface area contributed by atoms with Gasteiger partial charge in [0.2, 0.25) is 0 Å². The number of hydrogen-bond donors (Lipinski definition) is 1. The maximum absolute atomic E-state index is 12.1. The fraction of sp³-hybridized carbons (Fsp3) is 0.417. The Morgan fingerprint density at radius 2 is 1.93 bits per heavy atom. The van der Waals surface area contributed by atoms with E-state index in [-0.39, 0.29) is 11.7 Å². The van der Waals surface area contributed by atoms with Crippen LogP contribution in [-0.4, -0.2) is 5.78 Å². The number of benzene rings is 1. The molecule has 0 atom stereocenters. The Labute approximate surface area is 98.0 Å². The van der Waals surface area contributed by atoms with Crippen LogP contribution in [-0.2, 0) is 0 Å². The average molecular weight is 268 g/mol. The van der Waals surface area contributed by atoms with Crippen LogP contribution in [0, 0.1) is 5.92 Å². The highest BCUT2D eigenvalue weighted by molar-refractivity contribution is 9.10. The van der Waals surface area contributed by atoms with Crippen molar-refractivity contribution in [3.8, 4) is 0 Å². The second-order valence-electron chi connectivity index (χ2n) is 4.12. The quantitative estimate of drug-likeness (QED) is 0.659. The molecule has 3 heteroatoms. The molecule has 0 radical (unpaired) electrons. The molecule has 0 unspecified atom stereocenters. The van der Waals surface area contributed by atoms with E-state index in [0.29, 0.717) is 5.69 Å². The lowest BCUT2D eigenvalue weighted by atomic mass is 9.96. The minimum Gasteiger partial charge on any atom is -0.399 e. The van der Waals surface area contributed by atoms with E-state index >= 15 is 0 Å². The Bertz CT molecular complexity index is 363. The lowest BCUT2D eigenvalue weighted by Gasteiger charge is -2.08. The summed E-state index contributed by atoms with van der Waals surface area (Å²) in [6.45, 7) is 0. The lowest BCUT2D eigenvalue weighted by Crippen LogP contribution is -2.11. The van der Waals surface area contributed by atoms with E-state index < -0.39 is 0 Å². The molecule has 15 heavy (non-hydrogen) atoms. The van der Waals surface area contributed by atoms with Gasteiger partial charge >= 0.3 is 0 Å². The van der Waals surface area contributed by atoms with E-state index in [1.165, 1.54) is 12.8 Å². The third-order valence-electron chi connectivity index (χ3n) is 2.93. The van der Waals surface area contributed by atoms with Crippen molar-refractivity contribution < 1.29 is 4.79 Å². The van der Waals surface area contributed by atoms with E-state index in [2.05, 4.69) is 15.9 Å². The molecule has 1 fully saturated rings. The Morgan fingerprint density at radius 3 is 2.53 bits per heavy atom. The van der Waals surface area contributed by atoms with Crippen LogP contribution in [0.3, 0.4) is 0 Å². The van der Waals surface area contributed by atoms with Crippen LogP contribution >= 0.6 is 15.9 Å². The van der Waals surface area contributed by atoms with Crippen LogP contribution in [0.5, 0.6) is 0 Å². The number of carbonyl (C=O) groups is 1. The molecule has 1 saturated carbocycles. The summed E-state index contributed by atoms with van der Waals surface area (Å²) in [6.07, 6.45) is 4.43. The number of nitrogen functional groups attached to an aromatic ring is 1. The fourth-order valence-corrected chi connectivity index (χ4v) is 2.69. The van der Waals surface area contributed by atoms with Crippen LogP contribution in [0.15, 0.2) is 22.7 Å². The predicted molar refractivity (Wildman–Crippen MR) is 64.8 cm³/mol. The van der Waals surface area contributed by atoms with Crippen LogP contribution in [0.4, 0.5) is 5.69 Å². The molecule has 1 aliphatic rings. The second kappa shape index (κ2) is 4.35. The van der Waals surface area contributed by atoms with Gasteiger partial charge in [-0.15, -0.1) is 0 Å². The number of halogens is 1. The van der Waals surface area contributed by atoms with Crippen molar-refractivity contribution in [2.75, 3.05) is 5.73 Å². The van der Waals surface area contributed by atoms with Gasteiger partial charge in [0.15, 0.2) is 5.78 Å². The Hall–Kier alpha value is -0.830.